The first-order valence-corrected chi connectivity index (χ1v) is 8.15. The van der Waals surface area contributed by atoms with Crippen LogP contribution in [0.2, 0.25) is 0 Å². The molecule has 0 aliphatic heterocycles. The number of phenolic OH excluding ortho intramolecular Hbond substituents is 1. The lowest BCUT2D eigenvalue weighted by Crippen LogP contribution is -2.03. The van der Waals surface area contributed by atoms with Gasteiger partial charge >= 0.3 is 0 Å². The van der Waals surface area contributed by atoms with Crippen molar-refractivity contribution in [1.29, 1.82) is 0 Å². The average Bonchev–Trinajstić information content (AvgIpc) is 2.66. The first kappa shape index (κ1) is 14.5. The Bertz CT molecular complexity index is 919. The fourth-order valence-electron chi connectivity index (χ4n) is 3.35. The molecule has 0 radical (unpaired) electrons. The van der Waals surface area contributed by atoms with E-state index in [0.717, 1.165) is 16.3 Å². The highest BCUT2D eigenvalue weighted by molar-refractivity contribution is 5.89. The normalized spacial score (nSPS) is 11.0. The highest BCUT2D eigenvalue weighted by atomic mass is 16.3. The van der Waals surface area contributed by atoms with Crippen LogP contribution in [0.25, 0.3) is 10.8 Å². The molecule has 0 spiro atoms. The Balaban J connectivity index is 1.96. The first-order chi connectivity index (χ1) is 11.8. The van der Waals surface area contributed by atoms with Gasteiger partial charge in [0.1, 0.15) is 5.75 Å². The minimum Gasteiger partial charge on any atom is -0.507 e. The molecule has 0 saturated carbocycles. The summed E-state index contributed by atoms with van der Waals surface area (Å²) in [4.78, 5) is 0. The van der Waals surface area contributed by atoms with Crippen LogP contribution in [-0.4, -0.2) is 5.11 Å². The highest BCUT2D eigenvalue weighted by Gasteiger charge is 2.20. The van der Waals surface area contributed by atoms with Crippen LogP contribution in [0.5, 0.6) is 5.75 Å². The van der Waals surface area contributed by atoms with Crippen LogP contribution in [0.15, 0.2) is 97.1 Å². The molecule has 24 heavy (non-hydrogen) atoms. The quantitative estimate of drug-likeness (QED) is 0.479. The third-order valence-electron chi connectivity index (χ3n) is 4.51. The summed E-state index contributed by atoms with van der Waals surface area (Å²) < 4.78 is 0. The molecular weight excluding hydrogens is 292 g/mol. The molecule has 0 unspecified atom stereocenters. The van der Waals surface area contributed by atoms with Gasteiger partial charge in [-0.15, -0.1) is 0 Å². The molecule has 0 aliphatic carbocycles. The van der Waals surface area contributed by atoms with Crippen LogP contribution < -0.4 is 0 Å². The Labute approximate surface area is 141 Å². The van der Waals surface area contributed by atoms with E-state index in [4.69, 9.17) is 0 Å². The van der Waals surface area contributed by atoms with E-state index in [9.17, 15) is 5.11 Å². The number of benzene rings is 4. The summed E-state index contributed by atoms with van der Waals surface area (Å²) in [7, 11) is 0. The number of fused-ring (bicyclic) bond motifs is 1. The van der Waals surface area contributed by atoms with E-state index >= 15 is 0 Å². The molecule has 0 saturated heterocycles. The van der Waals surface area contributed by atoms with E-state index in [1.807, 2.05) is 66.7 Å². The van der Waals surface area contributed by atoms with Crippen molar-refractivity contribution < 1.29 is 5.11 Å². The van der Waals surface area contributed by atoms with Crippen molar-refractivity contribution in [2.75, 3.05) is 0 Å². The Morgan fingerprint density at radius 3 is 1.71 bits per heavy atom. The van der Waals surface area contributed by atoms with E-state index in [1.54, 1.807) is 0 Å². The van der Waals surface area contributed by atoms with E-state index in [-0.39, 0.29) is 5.92 Å². The number of rotatable bonds is 3. The summed E-state index contributed by atoms with van der Waals surface area (Å²) in [5.74, 6) is 0.378. The summed E-state index contributed by atoms with van der Waals surface area (Å²) in [5.41, 5.74) is 3.29. The van der Waals surface area contributed by atoms with Crippen LogP contribution in [-0.2, 0) is 0 Å². The maximum atomic E-state index is 10.9. The third-order valence-corrected chi connectivity index (χ3v) is 4.51. The topological polar surface area (TPSA) is 20.2 Å². The Kier molecular flexibility index (Phi) is 3.76. The van der Waals surface area contributed by atoms with Gasteiger partial charge in [-0.05, 0) is 16.5 Å². The van der Waals surface area contributed by atoms with Gasteiger partial charge in [0, 0.05) is 16.9 Å². The minimum absolute atomic E-state index is 0.0111. The molecule has 4 rings (SSSR count). The van der Waals surface area contributed by atoms with Gasteiger partial charge in [0.15, 0.2) is 0 Å². The van der Waals surface area contributed by atoms with Gasteiger partial charge in [-0.2, -0.15) is 0 Å². The SMILES string of the molecule is Oc1c(C(c2ccccc2)c2ccccc2)ccc2ccccc12. The second-order valence-corrected chi connectivity index (χ2v) is 5.98. The zero-order valence-electron chi connectivity index (χ0n) is 13.3. The van der Waals surface area contributed by atoms with E-state index in [0.29, 0.717) is 5.75 Å². The molecule has 4 aromatic carbocycles. The molecule has 0 fully saturated rings. The van der Waals surface area contributed by atoms with Crippen molar-refractivity contribution in [2.24, 2.45) is 0 Å². The number of hydrogen-bond acceptors (Lipinski definition) is 1. The summed E-state index contributed by atoms with van der Waals surface area (Å²) in [5, 5.41) is 12.9. The molecule has 0 aromatic heterocycles. The largest absolute Gasteiger partial charge is 0.507 e. The first-order valence-electron chi connectivity index (χ1n) is 8.15. The molecule has 4 aromatic rings. The highest BCUT2D eigenvalue weighted by Crippen LogP contribution is 2.40. The monoisotopic (exact) mass is 310 g/mol. The second kappa shape index (κ2) is 6.21. The maximum Gasteiger partial charge on any atom is 0.127 e. The van der Waals surface area contributed by atoms with Crippen molar-refractivity contribution in [2.45, 2.75) is 5.92 Å². The lowest BCUT2D eigenvalue weighted by Gasteiger charge is -2.21. The summed E-state index contributed by atoms with van der Waals surface area (Å²) >= 11 is 0. The predicted molar refractivity (Wildman–Crippen MR) is 99.4 cm³/mol. The van der Waals surface area contributed by atoms with Gasteiger partial charge in [0.2, 0.25) is 0 Å². The summed E-state index contributed by atoms with van der Waals surface area (Å²) in [6, 6.07) is 32.8. The van der Waals surface area contributed by atoms with E-state index < -0.39 is 0 Å². The average molecular weight is 310 g/mol. The zero-order valence-corrected chi connectivity index (χ0v) is 13.3. The fourth-order valence-corrected chi connectivity index (χ4v) is 3.35. The number of aromatic hydroxyl groups is 1. The molecule has 0 aliphatic rings. The third kappa shape index (κ3) is 2.55. The van der Waals surface area contributed by atoms with Crippen LogP contribution >= 0.6 is 0 Å². The van der Waals surface area contributed by atoms with Crippen molar-refractivity contribution >= 4 is 10.8 Å². The molecule has 0 bridgehead atoms. The Morgan fingerprint density at radius 2 is 1.08 bits per heavy atom. The molecule has 1 nitrogen and oxygen atoms in total. The van der Waals surface area contributed by atoms with Crippen molar-refractivity contribution in [3.05, 3.63) is 114 Å². The fraction of sp³-hybridized carbons (Fsp3) is 0.0435. The van der Waals surface area contributed by atoms with Gasteiger partial charge in [-0.25, -0.2) is 0 Å². The maximum absolute atomic E-state index is 10.9. The van der Waals surface area contributed by atoms with Crippen LogP contribution in [0.3, 0.4) is 0 Å². The van der Waals surface area contributed by atoms with Gasteiger partial charge in [-0.3, -0.25) is 0 Å². The molecule has 116 valence electrons. The lowest BCUT2D eigenvalue weighted by atomic mass is 9.84. The van der Waals surface area contributed by atoms with Crippen molar-refractivity contribution in [3.63, 3.8) is 0 Å². The molecule has 1 heteroatoms. The molecular formula is C23H18O. The van der Waals surface area contributed by atoms with Crippen molar-refractivity contribution in [1.82, 2.24) is 0 Å². The van der Waals surface area contributed by atoms with Crippen molar-refractivity contribution in [3.8, 4) is 5.75 Å². The van der Waals surface area contributed by atoms with Crippen LogP contribution in [0, 0.1) is 0 Å². The Morgan fingerprint density at radius 1 is 0.542 bits per heavy atom. The Hall–Kier alpha value is -3.06. The second-order valence-electron chi connectivity index (χ2n) is 5.98. The molecule has 0 heterocycles. The predicted octanol–water partition coefficient (Wildman–Crippen LogP) is 5.73. The van der Waals surface area contributed by atoms with Gasteiger partial charge in [-0.1, -0.05) is 97.1 Å². The van der Waals surface area contributed by atoms with Crippen LogP contribution in [0.1, 0.15) is 22.6 Å². The molecule has 0 atom stereocenters. The van der Waals surface area contributed by atoms with Gasteiger partial charge in [0.25, 0.3) is 0 Å². The van der Waals surface area contributed by atoms with Gasteiger partial charge in [0.05, 0.1) is 0 Å². The zero-order chi connectivity index (χ0) is 16.4. The van der Waals surface area contributed by atoms with E-state index in [1.165, 1.54) is 11.1 Å². The summed E-state index contributed by atoms with van der Waals surface area (Å²) in [6.45, 7) is 0. The van der Waals surface area contributed by atoms with Crippen LogP contribution in [0.4, 0.5) is 0 Å². The minimum atomic E-state index is 0.0111. The van der Waals surface area contributed by atoms with E-state index in [2.05, 4.69) is 30.3 Å². The standard InChI is InChI=1S/C23H18O/c24-23-20-14-8-7-9-17(20)15-16-21(23)22(18-10-3-1-4-11-18)19-12-5-2-6-13-19/h1-16,22,24H. The lowest BCUT2D eigenvalue weighted by molar-refractivity contribution is 0.473. The molecule has 1 N–H and O–H groups in total. The number of phenols is 1. The smallest absolute Gasteiger partial charge is 0.127 e. The molecule has 0 amide bonds. The van der Waals surface area contributed by atoms with Gasteiger partial charge < -0.3 is 5.11 Å². The summed E-state index contributed by atoms with van der Waals surface area (Å²) in [6.07, 6.45) is 0. The number of hydrogen-bond donors (Lipinski definition) is 1.